The highest BCUT2D eigenvalue weighted by Gasteiger charge is 2.33. The van der Waals surface area contributed by atoms with Gasteiger partial charge in [0.1, 0.15) is 5.60 Å². The largest absolute Gasteiger partial charge is 0.467 e. The zero-order valence-corrected chi connectivity index (χ0v) is 13.0. The van der Waals surface area contributed by atoms with E-state index < -0.39 is 29.5 Å². The van der Waals surface area contributed by atoms with E-state index in [4.69, 9.17) is 4.74 Å². The van der Waals surface area contributed by atoms with Gasteiger partial charge in [0.2, 0.25) is 0 Å². The predicted octanol–water partition coefficient (Wildman–Crippen LogP) is 2.12. The molecule has 0 saturated heterocycles. The minimum atomic E-state index is -1.35. The average Bonchev–Trinajstić information content (AvgIpc) is 2.42. The van der Waals surface area contributed by atoms with E-state index in [-0.39, 0.29) is 0 Å². The Bertz CT molecular complexity index is 447. The van der Waals surface area contributed by atoms with E-state index >= 15 is 0 Å². The van der Waals surface area contributed by atoms with Crippen molar-refractivity contribution in [1.82, 2.24) is 5.32 Å². The molecule has 1 aliphatic carbocycles. The maximum Gasteiger partial charge on any atom is 0.408 e. The van der Waals surface area contributed by atoms with Gasteiger partial charge >= 0.3 is 12.1 Å². The molecule has 1 atom stereocenters. The van der Waals surface area contributed by atoms with Crippen LogP contribution in [0.4, 0.5) is 4.79 Å². The van der Waals surface area contributed by atoms with Crippen molar-refractivity contribution >= 4 is 17.8 Å². The number of amides is 1. The molecule has 0 fully saturated rings. The summed E-state index contributed by atoms with van der Waals surface area (Å²) in [7, 11) is 1.18. The van der Waals surface area contributed by atoms with Gasteiger partial charge in [-0.1, -0.05) is 6.08 Å². The van der Waals surface area contributed by atoms with E-state index in [0.29, 0.717) is 12.0 Å². The van der Waals surface area contributed by atoms with Crippen molar-refractivity contribution in [3.05, 3.63) is 11.6 Å². The lowest BCUT2D eigenvalue weighted by atomic mass is 9.93. The second-order valence-electron chi connectivity index (χ2n) is 5.94. The van der Waals surface area contributed by atoms with Crippen LogP contribution in [-0.4, -0.2) is 36.6 Å². The Morgan fingerprint density at radius 3 is 2.38 bits per heavy atom. The number of nitrogens with one attached hydrogen (secondary N) is 1. The van der Waals surface area contributed by atoms with Crippen LogP contribution in [-0.2, 0) is 19.1 Å². The summed E-state index contributed by atoms with van der Waals surface area (Å²) in [6.07, 6.45) is 4.35. The third-order valence-electron chi connectivity index (χ3n) is 2.97. The molecule has 0 aliphatic heterocycles. The first-order chi connectivity index (χ1) is 9.74. The van der Waals surface area contributed by atoms with Crippen LogP contribution in [0.1, 0.15) is 46.5 Å². The van der Waals surface area contributed by atoms with E-state index in [9.17, 15) is 14.4 Å². The number of alkyl carbamates (subject to hydrolysis) is 1. The molecule has 1 amide bonds. The molecule has 0 aromatic rings. The summed E-state index contributed by atoms with van der Waals surface area (Å²) in [4.78, 5) is 35.9. The van der Waals surface area contributed by atoms with Crippen LogP contribution < -0.4 is 5.32 Å². The molecule has 0 aromatic heterocycles. The zero-order chi connectivity index (χ0) is 16.0. The lowest BCUT2D eigenvalue weighted by molar-refractivity contribution is -0.145. The number of esters is 1. The Kier molecular flexibility index (Phi) is 5.93. The van der Waals surface area contributed by atoms with Gasteiger partial charge in [-0.05, 0) is 52.0 Å². The SMILES string of the molecule is COC(=O)C(NC(=O)OC(C)(C)C)C(=O)C1=CCCCC1. The smallest absolute Gasteiger partial charge is 0.408 e. The quantitative estimate of drug-likeness (QED) is 0.635. The lowest BCUT2D eigenvalue weighted by Gasteiger charge is -2.23. The number of Topliss-reactive ketones (excluding diaryl/α,β-unsaturated/α-hetero) is 1. The van der Waals surface area contributed by atoms with Crippen molar-refractivity contribution in [2.45, 2.75) is 58.1 Å². The third kappa shape index (κ3) is 5.57. The van der Waals surface area contributed by atoms with Crippen molar-refractivity contribution in [2.75, 3.05) is 7.11 Å². The zero-order valence-electron chi connectivity index (χ0n) is 13.0. The Balaban J connectivity index is 2.81. The number of carbonyl (C=O) groups excluding carboxylic acids is 3. The van der Waals surface area contributed by atoms with E-state index in [2.05, 4.69) is 10.1 Å². The first kappa shape index (κ1) is 17.2. The van der Waals surface area contributed by atoms with Crippen LogP contribution in [0.3, 0.4) is 0 Å². The molecule has 1 N–H and O–H groups in total. The number of ketones is 1. The fourth-order valence-corrected chi connectivity index (χ4v) is 2.02. The van der Waals surface area contributed by atoms with Crippen LogP contribution in [0.15, 0.2) is 11.6 Å². The van der Waals surface area contributed by atoms with Crippen molar-refractivity contribution in [2.24, 2.45) is 0 Å². The van der Waals surface area contributed by atoms with Gasteiger partial charge in [-0.3, -0.25) is 4.79 Å². The maximum atomic E-state index is 12.4. The van der Waals surface area contributed by atoms with Crippen molar-refractivity contribution in [3.63, 3.8) is 0 Å². The standard InChI is InChI=1S/C15H23NO5/c1-15(2,3)21-14(19)16-11(13(18)20-4)12(17)10-8-6-5-7-9-10/h8,11H,5-7,9H2,1-4H3,(H,16,19). The monoisotopic (exact) mass is 297 g/mol. The fraction of sp³-hybridized carbons (Fsp3) is 0.667. The molecule has 6 heteroatoms. The summed E-state index contributed by atoms with van der Waals surface area (Å²) in [6, 6.07) is -1.35. The lowest BCUT2D eigenvalue weighted by Crippen LogP contribution is -2.49. The highest BCUT2D eigenvalue weighted by molar-refractivity contribution is 6.13. The van der Waals surface area contributed by atoms with Crippen LogP contribution in [0.5, 0.6) is 0 Å². The number of hydrogen-bond acceptors (Lipinski definition) is 5. The van der Waals surface area contributed by atoms with Gasteiger partial charge in [0.15, 0.2) is 11.8 Å². The molecule has 0 aromatic carbocycles. The van der Waals surface area contributed by atoms with Crippen LogP contribution in [0, 0.1) is 0 Å². The molecule has 1 aliphatic rings. The van der Waals surface area contributed by atoms with Crippen LogP contribution in [0.2, 0.25) is 0 Å². The van der Waals surface area contributed by atoms with Gasteiger partial charge < -0.3 is 14.8 Å². The van der Waals surface area contributed by atoms with Gasteiger partial charge in [-0.25, -0.2) is 9.59 Å². The molecule has 1 unspecified atom stereocenters. The molecule has 6 nitrogen and oxygen atoms in total. The van der Waals surface area contributed by atoms with E-state index in [1.54, 1.807) is 20.8 Å². The summed E-state index contributed by atoms with van der Waals surface area (Å²) in [5, 5.41) is 2.30. The number of methoxy groups -OCH3 is 1. The first-order valence-electron chi connectivity index (χ1n) is 7.05. The van der Waals surface area contributed by atoms with Gasteiger partial charge in [-0.15, -0.1) is 0 Å². The maximum absolute atomic E-state index is 12.4. The second kappa shape index (κ2) is 7.24. The van der Waals surface area contributed by atoms with Crippen molar-refractivity contribution < 1.29 is 23.9 Å². The molecule has 118 valence electrons. The summed E-state index contributed by atoms with van der Waals surface area (Å²) in [5.41, 5.74) is -0.148. The molecule has 0 saturated carbocycles. The number of allylic oxidation sites excluding steroid dienone is 1. The second-order valence-corrected chi connectivity index (χ2v) is 5.94. The number of rotatable bonds is 4. The molecule has 21 heavy (non-hydrogen) atoms. The van der Waals surface area contributed by atoms with E-state index in [0.717, 1.165) is 19.3 Å². The number of hydrogen-bond donors (Lipinski definition) is 1. The first-order valence-corrected chi connectivity index (χ1v) is 7.05. The number of ether oxygens (including phenoxy) is 2. The summed E-state index contributed by atoms with van der Waals surface area (Å²) in [6.45, 7) is 5.10. The molecule has 0 spiro atoms. The van der Waals surface area contributed by atoms with Crippen LogP contribution in [0.25, 0.3) is 0 Å². The third-order valence-corrected chi connectivity index (χ3v) is 2.97. The Morgan fingerprint density at radius 2 is 1.90 bits per heavy atom. The number of carbonyl (C=O) groups is 3. The van der Waals surface area contributed by atoms with Crippen LogP contribution >= 0.6 is 0 Å². The normalized spacial score (nSPS) is 16.5. The molecule has 0 radical (unpaired) electrons. The molecule has 1 rings (SSSR count). The topological polar surface area (TPSA) is 81.7 Å². The van der Waals surface area contributed by atoms with Gasteiger partial charge in [0.25, 0.3) is 0 Å². The summed E-state index contributed by atoms with van der Waals surface area (Å²) >= 11 is 0. The minimum Gasteiger partial charge on any atom is -0.467 e. The van der Waals surface area contributed by atoms with Gasteiger partial charge in [0, 0.05) is 0 Å². The summed E-state index contributed by atoms with van der Waals surface area (Å²) < 4.78 is 9.67. The van der Waals surface area contributed by atoms with Crippen molar-refractivity contribution in [3.8, 4) is 0 Å². The molecule has 0 heterocycles. The summed E-state index contributed by atoms with van der Waals surface area (Å²) in [5.74, 6) is -1.22. The molecule has 0 bridgehead atoms. The van der Waals surface area contributed by atoms with Crippen molar-refractivity contribution in [1.29, 1.82) is 0 Å². The molecular weight excluding hydrogens is 274 g/mol. The Hall–Kier alpha value is -1.85. The molecular formula is C15H23NO5. The van der Waals surface area contributed by atoms with Gasteiger partial charge in [-0.2, -0.15) is 0 Å². The van der Waals surface area contributed by atoms with Gasteiger partial charge in [0.05, 0.1) is 7.11 Å². The highest BCUT2D eigenvalue weighted by Crippen LogP contribution is 2.19. The predicted molar refractivity (Wildman–Crippen MR) is 76.7 cm³/mol. The average molecular weight is 297 g/mol. The van der Waals surface area contributed by atoms with E-state index in [1.165, 1.54) is 7.11 Å². The minimum absolute atomic E-state index is 0.424. The Labute approximate surface area is 124 Å². The highest BCUT2D eigenvalue weighted by atomic mass is 16.6. The fourth-order valence-electron chi connectivity index (χ4n) is 2.02. The van der Waals surface area contributed by atoms with E-state index in [1.807, 2.05) is 6.08 Å². The Morgan fingerprint density at radius 1 is 1.24 bits per heavy atom.